The zero-order chi connectivity index (χ0) is 7.07. The molecule has 9 heavy (non-hydrogen) atoms. The minimum atomic E-state index is -1.26. The second kappa shape index (κ2) is 2.12. The summed E-state index contributed by atoms with van der Waals surface area (Å²) >= 11 is 3.94. The van der Waals surface area contributed by atoms with E-state index in [1.165, 1.54) is 6.92 Å². The molecule has 0 aromatic heterocycles. The van der Waals surface area contributed by atoms with Crippen LogP contribution in [-0.2, 0) is 4.74 Å². The Morgan fingerprint density at radius 1 is 1.78 bits per heavy atom. The van der Waals surface area contributed by atoms with Crippen LogP contribution in [0.4, 0.5) is 0 Å². The van der Waals surface area contributed by atoms with Gasteiger partial charge in [0.15, 0.2) is 5.79 Å². The van der Waals surface area contributed by atoms with Gasteiger partial charge in [0.2, 0.25) is 0 Å². The average Bonchev–Trinajstić information content (AvgIpc) is 1.97. The van der Waals surface area contributed by atoms with Crippen molar-refractivity contribution in [1.82, 2.24) is 0 Å². The quantitative estimate of drug-likeness (QED) is 0.403. The highest BCUT2D eigenvalue weighted by molar-refractivity contribution is 7.81. The van der Waals surface area contributed by atoms with Crippen molar-refractivity contribution in [1.29, 1.82) is 0 Å². The van der Waals surface area contributed by atoms with E-state index in [0.29, 0.717) is 0 Å². The molecule has 3 atom stereocenters. The standard InChI is InChI=1S/C5H10O3S/c1-5(7)4(9)3(6)2-8-5/h3-4,6-7,9H,2H2,1H3. The minimum absolute atomic E-state index is 0.168. The molecule has 0 aromatic rings. The fourth-order valence-corrected chi connectivity index (χ4v) is 0.948. The van der Waals surface area contributed by atoms with Gasteiger partial charge in [-0.1, -0.05) is 0 Å². The van der Waals surface area contributed by atoms with E-state index < -0.39 is 17.1 Å². The summed E-state index contributed by atoms with van der Waals surface area (Å²) in [7, 11) is 0. The third-order valence-corrected chi connectivity index (χ3v) is 2.28. The number of ether oxygens (including phenoxy) is 1. The van der Waals surface area contributed by atoms with Gasteiger partial charge in [-0.05, 0) is 6.92 Å². The van der Waals surface area contributed by atoms with Crippen molar-refractivity contribution in [3.63, 3.8) is 0 Å². The van der Waals surface area contributed by atoms with E-state index in [1.807, 2.05) is 0 Å². The highest BCUT2D eigenvalue weighted by atomic mass is 32.1. The van der Waals surface area contributed by atoms with Crippen molar-refractivity contribution in [2.75, 3.05) is 6.61 Å². The first-order chi connectivity index (χ1) is 4.04. The van der Waals surface area contributed by atoms with E-state index in [9.17, 15) is 5.11 Å². The van der Waals surface area contributed by atoms with Crippen molar-refractivity contribution < 1.29 is 14.9 Å². The summed E-state index contributed by atoms with van der Waals surface area (Å²) in [6, 6.07) is 0. The van der Waals surface area contributed by atoms with Gasteiger partial charge in [0.05, 0.1) is 18.0 Å². The summed E-state index contributed by atoms with van der Waals surface area (Å²) in [4.78, 5) is 0. The maximum absolute atomic E-state index is 9.17. The van der Waals surface area contributed by atoms with E-state index in [0.717, 1.165) is 0 Å². The van der Waals surface area contributed by atoms with Gasteiger partial charge in [-0.15, -0.1) is 0 Å². The second-order valence-electron chi connectivity index (χ2n) is 2.38. The van der Waals surface area contributed by atoms with Crippen molar-refractivity contribution >= 4 is 12.6 Å². The molecule has 1 fully saturated rings. The highest BCUT2D eigenvalue weighted by Crippen LogP contribution is 2.27. The van der Waals surface area contributed by atoms with Gasteiger partial charge in [-0.3, -0.25) is 0 Å². The van der Waals surface area contributed by atoms with E-state index >= 15 is 0 Å². The van der Waals surface area contributed by atoms with Crippen molar-refractivity contribution in [2.24, 2.45) is 0 Å². The molecule has 2 N–H and O–H groups in total. The maximum atomic E-state index is 9.17. The van der Waals surface area contributed by atoms with Crippen molar-refractivity contribution in [3.8, 4) is 0 Å². The molecule has 1 aliphatic heterocycles. The number of aliphatic hydroxyl groups is 2. The Balaban J connectivity index is 2.62. The molecule has 54 valence electrons. The lowest BCUT2D eigenvalue weighted by atomic mass is 10.2. The minimum Gasteiger partial charge on any atom is -0.389 e. The fourth-order valence-electron chi connectivity index (χ4n) is 0.788. The van der Waals surface area contributed by atoms with Gasteiger partial charge in [-0.2, -0.15) is 12.6 Å². The highest BCUT2D eigenvalue weighted by Gasteiger charge is 2.42. The molecule has 3 nitrogen and oxygen atoms in total. The fraction of sp³-hybridized carbons (Fsp3) is 1.00. The molecule has 0 saturated carbocycles. The average molecular weight is 150 g/mol. The van der Waals surface area contributed by atoms with Gasteiger partial charge in [0.25, 0.3) is 0 Å². The Morgan fingerprint density at radius 3 is 2.44 bits per heavy atom. The van der Waals surface area contributed by atoms with Crippen molar-refractivity contribution in [3.05, 3.63) is 0 Å². The molecule has 4 heteroatoms. The molecule has 0 radical (unpaired) electrons. The number of thiol groups is 1. The van der Waals surface area contributed by atoms with Crippen LogP contribution in [-0.4, -0.2) is 34.0 Å². The van der Waals surface area contributed by atoms with Crippen LogP contribution < -0.4 is 0 Å². The molecule has 1 rings (SSSR count). The Bertz CT molecular complexity index is 115. The number of hydrogen-bond donors (Lipinski definition) is 3. The van der Waals surface area contributed by atoms with Crippen LogP contribution in [0.2, 0.25) is 0 Å². The predicted octanol–water partition coefficient (Wildman–Crippen LogP) is -0.616. The molecule has 0 aliphatic carbocycles. The Hall–Kier alpha value is 0.230. The first-order valence-electron chi connectivity index (χ1n) is 2.76. The van der Waals surface area contributed by atoms with Crippen LogP contribution in [0.15, 0.2) is 0 Å². The summed E-state index contributed by atoms with van der Waals surface area (Å²) in [5.41, 5.74) is 0. The SMILES string of the molecule is CC1(O)OCC(O)C1S. The van der Waals surface area contributed by atoms with Gasteiger partial charge in [0, 0.05) is 0 Å². The monoisotopic (exact) mass is 150 g/mol. The van der Waals surface area contributed by atoms with Gasteiger partial charge >= 0.3 is 0 Å². The first-order valence-corrected chi connectivity index (χ1v) is 3.28. The summed E-state index contributed by atoms with van der Waals surface area (Å²) in [5, 5.41) is 17.7. The Labute approximate surface area is 59.1 Å². The molecule has 3 unspecified atom stereocenters. The Morgan fingerprint density at radius 2 is 2.33 bits per heavy atom. The maximum Gasteiger partial charge on any atom is 0.177 e. The molecular weight excluding hydrogens is 140 g/mol. The molecule has 1 heterocycles. The summed E-state index contributed by atoms with van der Waals surface area (Å²) in [6.45, 7) is 1.65. The molecule has 1 saturated heterocycles. The summed E-state index contributed by atoms with van der Waals surface area (Å²) in [5.74, 6) is -1.26. The topological polar surface area (TPSA) is 49.7 Å². The third-order valence-electron chi connectivity index (χ3n) is 1.46. The molecule has 1 aliphatic rings. The lowest BCUT2D eigenvalue weighted by Gasteiger charge is -2.20. The van der Waals surface area contributed by atoms with E-state index in [4.69, 9.17) is 9.84 Å². The largest absolute Gasteiger partial charge is 0.389 e. The zero-order valence-electron chi connectivity index (χ0n) is 5.11. The summed E-state index contributed by atoms with van der Waals surface area (Å²) < 4.78 is 4.79. The molecule has 0 bridgehead atoms. The van der Waals surface area contributed by atoms with Crippen LogP contribution in [0.1, 0.15) is 6.92 Å². The van der Waals surface area contributed by atoms with Crippen LogP contribution in [0.5, 0.6) is 0 Å². The number of hydrogen-bond acceptors (Lipinski definition) is 4. The van der Waals surface area contributed by atoms with Crippen LogP contribution in [0.3, 0.4) is 0 Å². The predicted molar refractivity (Wildman–Crippen MR) is 35.4 cm³/mol. The van der Waals surface area contributed by atoms with Crippen LogP contribution >= 0.6 is 12.6 Å². The zero-order valence-corrected chi connectivity index (χ0v) is 6.01. The van der Waals surface area contributed by atoms with Crippen LogP contribution in [0.25, 0.3) is 0 Å². The second-order valence-corrected chi connectivity index (χ2v) is 2.93. The Kier molecular flexibility index (Phi) is 1.73. The van der Waals surface area contributed by atoms with Crippen molar-refractivity contribution in [2.45, 2.75) is 24.1 Å². The van der Waals surface area contributed by atoms with E-state index in [1.54, 1.807) is 0 Å². The van der Waals surface area contributed by atoms with Crippen LogP contribution in [0, 0.1) is 0 Å². The van der Waals surface area contributed by atoms with E-state index in [2.05, 4.69) is 12.6 Å². The summed E-state index contributed by atoms with van der Waals surface area (Å²) in [6.07, 6.45) is -0.650. The lowest BCUT2D eigenvalue weighted by Crippen LogP contribution is -2.35. The van der Waals surface area contributed by atoms with Gasteiger partial charge in [-0.25, -0.2) is 0 Å². The lowest BCUT2D eigenvalue weighted by molar-refractivity contribution is -0.151. The smallest absolute Gasteiger partial charge is 0.177 e. The normalized spacial score (nSPS) is 52.0. The number of aliphatic hydroxyl groups excluding tert-OH is 1. The third kappa shape index (κ3) is 1.21. The van der Waals surface area contributed by atoms with Gasteiger partial charge < -0.3 is 14.9 Å². The molecule has 0 aromatic carbocycles. The molecule has 0 amide bonds. The first kappa shape index (κ1) is 7.34. The van der Waals surface area contributed by atoms with E-state index in [-0.39, 0.29) is 6.61 Å². The molecule has 0 spiro atoms. The number of rotatable bonds is 0. The van der Waals surface area contributed by atoms with Gasteiger partial charge in [0.1, 0.15) is 0 Å². The molecular formula is C5H10O3S.